The van der Waals surface area contributed by atoms with Crippen LogP contribution >= 0.6 is 0 Å². The molecule has 92 valence electrons. The van der Waals surface area contributed by atoms with Gasteiger partial charge < -0.3 is 10.1 Å². The molecule has 0 bridgehead atoms. The van der Waals surface area contributed by atoms with E-state index in [1.807, 2.05) is 7.11 Å². The summed E-state index contributed by atoms with van der Waals surface area (Å²) < 4.78 is 5.39. The van der Waals surface area contributed by atoms with E-state index in [-0.39, 0.29) is 0 Å². The highest BCUT2D eigenvalue weighted by Crippen LogP contribution is 2.39. The molecule has 1 atom stereocenters. The molecule has 3 nitrogen and oxygen atoms in total. The van der Waals surface area contributed by atoms with Gasteiger partial charge in [-0.05, 0) is 50.6 Å². The smallest absolute Gasteiger partial charge is 0.0601 e. The molecule has 1 spiro atoms. The number of hydrogen-bond acceptors (Lipinski definition) is 3. The Kier molecular flexibility index (Phi) is 2.94. The van der Waals surface area contributed by atoms with E-state index in [0.29, 0.717) is 11.5 Å². The zero-order chi connectivity index (χ0) is 11.0. The number of methoxy groups -OCH3 is 1. The molecule has 3 aliphatic rings. The normalized spacial score (nSPS) is 44.8. The molecule has 2 heterocycles. The van der Waals surface area contributed by atoms with Crippen LogP contribution in [-0.2, 0) is 4.74 Å². The maximum Gasteiger partial charge on any atom is 0.0601 e. The molecule has 1 aliphatic carbocycles. The first-order valence-electron chi connectivity index (χ1n) is 6.79. The quantitative estimate of drug-likeness (QED) is 0.764. The second-order valence-electron chi connectivity index (χ2n) is 5.98. The van der Waals surface area contributed by atoms with Gasteiger partial charge in [-0.15, -0.1) is 0 Å². The third kappa shape index (κ3) is 1.89. The van der Waals surface area contributed by atoms with Crippen LogP contribution < -0.4 is 5.32 Å². The lowest BCUT2D eigenvalue weighted by atomic mass is 9.77. The monoisotopic (exact) mass is 224 g/mol. The van der Waals surface area contributed by atoms with Gasteiger partial charge in [0.1, 0.15) is 0 Å². The lowest BCUT2D eigenvalue weighted by Gasteiger charge is -2.48. The Morgan fingerprint density at radius 2 is 2.19 bits per heavy atom. The summed E-state index contributed by atoms with van der Waals surface area (Å²) in [5, 5.41) is 3.55. The van der Waals surface area contributed by atoms with E-state index in [4.69, 9.17) is 4.74 Å². The first kappa shape index (κ1) is 11.0. The zero-order valence-electron chi connectivity index (χ0n) is 10.4. The largest absolute Gasteiger partial charge is 0.381 e. The van der Waals surface area contributed by atoms with Crippen LogP contribution in [-0.4, -0.2) is 50.3 Å². The van der Waals surface area contributed by atoms with Crippen LogP contribution in [0.4, 0.5) is 0 Å². The van der Waals surface area contributed by atoms with Gasteiger partial charge in [0.15, 0.2) is 0 Å². The standard InChI is InChI=1S/C13H24N2O/c1-16-12-7-11(8-12)15-6-2-3-13(10-15)4-5-14-9-13/h11-12,14H,2-10H2,1H3. The average molecular weight is 224 g/mol. The molecule has 1 unspecified atom stereocenters. The van der Waals surface area contributed by atoms with Crippen molar-refractivity contribution in [2.75, 3.05) is 33.3 Å². The van der Waals surface area contributed by atoms with E-state index < -0.39 is 0 Å². The van der Waals surface area contributed by atoms with Crippen LogP contribution in [0.25, 0.3) is 0 Å². The van der Waals surface area contributed by atoms with Crippen molar-refractivity contribution in [2.45, 2.75) is 44.2 Å². The number of nitrogens with zero attached hydrogens (tertiary/aromatic N) is 1. The van der Waals surface area contributed by atoms with Gasteiger partial charge in [-0.3, -0.25) is 4.90 Å². The zero-order valence-corrected chi connectivity index (χ0v) is 10.4. The SMILES string of the molecule is COC1CC(N2CCCC3(CCNC3)C2)C1. The molecule has 3 fully saturated rings. The maximum absolute atomic E-state index is 5.39. The topological polar surface area (TPSA) is 24.5 Å². The van der Waals surface area contributed by atoms with Gasteiger partial charge in [-0.2, -0.15) is 0 Å². The second-order valence-corrected chi connectivity index (χ2v) is 5.98. The minimum atomic E-state index is 0.546. The molecule has 2 saturated heterocycles. The number of ether oxygens (including phenoxy) is 1. The van der Waals surface area contributed by atoms with Crippen molar-refractivity contribution in [2.24, 2.45) is 5.41 Å². The highest BCUT2D eigenvalue weighted by atomic mass is 16.5. The molecule has 0 aromatic carbocycles. The Hall–Kier alpha value is -0.120. The van der Waals surface area contributed by atoms with Gasteiger partial charge in [0.05, 0.1) is 6.10 Å². The fraction of sp³-hybridized carbons (Fsp3) is 1.00. The lowest BCUT2D eigenvalue weighted by molar-refractivity contribution is -0.0499. The Morgan fingerprint density at radius 1 is 1.31 bits per heavy atom. The van der Waals surface area contributed by atoms with Gasteiger partial charge >= 0.3 is 0 Å². The fourth-order valence-electron chi connectivity index (χ4n) is 3.73. The molecule has 0 radical (unpaired) electrons. The second kappa shape index (κ2) is 4.28. The third-order valence-electron chi connectivity index (χ3n) is 4.94. The molecule has 1 N–H and O–H groups in total. The highest BCUT2D eigenvalue weighted by molar-refractivity contribution is 4.97. The average Bonchev–Trinajstić information content (AvgIpc) is 2.65. The number of piperidine rings is 1. The van der Waals surface area contributed by atoms with Crippen LogP contribution in [0.15, 0.2) is 0 Å². The molecule has 16 heavy (non-hydrogen) atoms. The van der Waals surface area contributed by atoms with Crippen LogP contribution in [0.1, 0.15) is 32.1 Å². The summed E-state index contributed by atoms with van der Waals surface area (Å²) in [4.78, 5) is 2.74. The molecular formula is C13H24N2O. The van der Waals surface area contributed by atoms with Crippen molar-refractivity contribution in [1.82, 2.24) is 10.2 Å². The molecule has 0 aromatic heterocycles. The van der Waals surface area contributed by atoms with E-state index in [0.717, 1.165) is 6.04 Å². The first-order chi connectivity index (χ1) is 7.81. The third-order valence-corrected chi connectivity index (χ3v) is 4.94. The summed E-state index contributed by atoms with van der Waals surface area (Å²) in [6, 6.07) is 0.822. The molecule has 2 aliphatic heterocycles. The Morgan fingerprint density at radius 3 is 2.88 bits per heavy atom. The van der Waals surface area contributed by atoms with Crippen molar-refractivity contribution in [3.8, 4) is 0 Å². The summed E-state index contributed by atoms with van der Waals surface area (Å²) in [7, 11) is 1.85. The van der Waals surface area contributed by atoms with Crippen molar-refractivity contribution in [3.63, 3.8) is 0 Å². The minimum Gasteiger partial charge on any atom is -0.381 e. The predicted molar refractivity (Wildman–Crippen MR) is 64.5 cm³/mol. The Labute approximate surface area is 98.5 Å². The number of rotatable bonds is 2. The summed E-state index contributed by atoms with van der Waals surface area (Å²) in [6.45, 7) is 5.15. The van der Waals surface area contributed by atoms with E-state index >= 15 is 0 Å². The van der Waals surface area contributed by atoms with Gasteiger partial charge in [-0.25, -0.2) is 0 Å². The van der Waals surface area contributed by atoms with E-state index in [2.05, 4.69) is 10.2 Å². The number of likely N-dealkylation sites (tertiary alicyclic amines) is 1. The van der Waals surface area contributed by atoms with E-state index in [1.165, 1.54) is 58.3 Å². The van der Waals surface area contributed by atoms with Crippen molar-refractivity contribution in [3.05, 3.63) is 0 Å². The van der Waals surface area contributed by atoms with Crippen molar-refractivity contribution in [1.29, 1.82) is 0 Å². The highest BCUT2D eigenvalue weighted by Gasteiger charge is 2.42. The lowest BCUT2D eigenvalue weighted by Crippen LogP contribution is -2.54. The van der Waals surface area contributed by atoms with Crippen molar-refractivity contribution < 1.29 is 4.74 Å². The minimum absolute atomic E-state index is 0.546. The van der Waals surface area contributed by atoms with Gasteiger partial charge in [0.25, 0.3) is 0 Å². The molecule has 0 aromatic rings. The predicted octanol–water partition coefficient (Wildman–Crippen LogP) is 1.24. The summed E-state index contributed by atoms with van der Waals surface area (Å²) in [5.41, 5.74) is 0.621. The molecule has 3 rings (SSSR count). The molecule has 1 saturated carbocycles. The summed E-state index contributed by atoms with van der Waals surface area (Å²) >= 11 is 0. The van der Waals surface area contributed by atoms with E-state index in [1.54, 1.807) is 0 Å². The number of hydrogen-bond donors (Lipinski definition) is 1. The van der Waals surface area contributed by atoms with Crippen molar-refractivity contribution >= 4 is 0 Å². The Balaban J connectivity index is 1.56. The van der Waals surface area contributed by atoms with Crippen LogP contribution in [0, 0.1) is 5.41 Å². The van der Waals surface area contributed by atoms with Gasteiger partial charge in [0, 0.05) is 26.2 Å². The van der Waals surface area contributed by atoms with Crippen LogP contribution in [0.2, 0.25) is 0 Å². The van der Waals surface area contributed by atoms with Crippen LogP contribution in [0.3, 0.4) is 0 Å². The molecular weight excluding hydrogens is 200 g/mol. The van der Waals surface area contributed by atoms with Gasteiger partial charge in [-0.1, -0.05) is 0 Å². The Bertz CT molecular complexity index is 244. The fourth-order valence-corrected chi connectivity index (χ4v) is 3.73. The number of nitrogens with one attached hydrogen (secondary N) is 1. The van der Waals surface area contributed by atoms with E-state index in [9.17, 15) is 0 Å². The summed E-state index contributed by atoms with van der Waals surface area (Å²) in [6.07, 6.45) is 7.31. The maximum atomic E-state index is 5.39. The molecule has 0 amide bonds. The first-order valence-corrected chi connectivity index (χ1v) is 6.79. The van der Waals surface area contributed by atoms with Gasteiger partial charge in [0.2, 0.25) is 0 Å². The van der Waals surface area contributed by atoms with Crippen LogP contribution in [0.5, 0.6) is 0 Å². The summed E-state index contributed by atoms with van der Waals surface area (Å²) in [5.74, 6) is 0. The molecule has 3 heteroatoms.